The number of aryl methyl sites for hydroxylation is 1. The molecule has 0 fully saturated rings. The molecule has 0 spiro atoms. The first-order chi connectivity index (χ1) is 7.22. The number of rotatable bonds is 4. The minimum absolute atomic E-state index is 0.723. The first-order valence-corrected chi connectivity index (χ1v) is 4.81. The Morgan fingerprint density at radius 3 is 2.60 bits per heavy atom. The van der Waals surface area contributed by atoms with E-state index < -0.39 is 0 Å². The molecule has 0 aliphatic heterocycles. The number of methoxy groups -OCH3 is 1. The minimum atomic E-state index is 0.723. The molecule has 2 nitrogen and oxygen atoms in total. The summed E-state index contributed by atoms with van der Waals surface area (Å²) in [6.07, 6.45) is 5.41. The number of benzene rings is 1. The Kier molecular flexibility index (Phi) is 3.98. The molecule has 1 aromatic carbocycles. The smallest absolute Gasteiger partial charge is 0.171 e. The molecule has 2 heteroatoms. The maximum absolute atomic E-state index is 5.31. The van der Waals surface area contributed by atoms with Crippen LogP contribution in [0.3, 0.4) is 0 Å². The van der Waals surface area contributed by atoms with E-state index in [1.807, 2.05) is 38.1 Å². The van der Waals surface area contributed by atoms with Gasteiger partial charge in [0.1, 0.15) is 0 Å². The van der Waals surface area contributed by atoms with Crippen molar-refractivity contribution >= 4 is 6.08 Å². The lowest BCUT2D eigenvalue weighted by Crippen LogP contribution is -1.93. The van der Waals surface area contributed by atoms with Crippen LogP contribution in [0.15, 0.2) is 31.0 Å². The van der Waals surface area contributed by atoms with Gasteiger partial charge < -0.3 is 9.47 Å². The summed E-state index contributed by atoms with van der Waals surface area (Å²) in [4.78, 5) is 0. The van der Waals surface area contributed by atoms with Gasteiger partial charge in [-0.1, -0.05) is 18.7 Å². The summed E-state index contributed by atoms with van der Waals surface area (Å²) in [6, 6.07) is 3.98. The highest BCUT2D eigenvalue weighted by Crippen LogP contribution is 2.32. The van der Waals surface area contributed by atoms with Crippen molar-refractivity contribution in [1.82, 2.24) is 0 Å². The number of ether oxygens (including phenoxy) is 2. The van der Waals surface area contributed by atoms with Crippen LogP contribution in [0.4, 0.5) is 0 Å². The average Bonchev–Trinajstić information content (AvgIpc) is 2.22. The van der Waals surface area contributed by atoms with E-state index in [9.17, 15) is 0 Å². The maximum Gasteiger partial charge on any atom is 0.171 e. The molecule has 0 aromatic heterocycles. The second kappa shape index (κ2) is 5.25. The van der Waals surface area contributed by atoms with Gasteiger partial charge in [-0.2, -0.15) is 0 Å². The standard InChI is InChI=1S/C13H16O2/c1-5-7-11-8-10(3)13(15-6-2)12(9-11)14-4/h5-9H,2H2,1,3-4H3/b7-5+. The Labute approximate surface area is 90.8 Å². The molecule has 0 N–H and O–H groups in total. The zero-order chi connectivity index (χ0) is 11.3. The van der Waals surface area contributed by atoms with Gasteiger partial charge in [-0.25, -0.2) is 0 Å². The Morgan fingerprint density at radius 2 is 2.07 bits per heavy atom. The van der Waals surface area contributed by atoms with Crippen LogP contribution >= 0.6 is 0 Å². The Morgan fingerprint density at radius 1 is 1.33 bits per heavy atom. The molecule has 0 aliphatic rings. The van der Waals surface area contributed by atoms with Gasteiger partial charge in [-0.3, -0.25) is 0 Å². The van der Waals surface area contributed by atoms with E-state index in [4.69, 9.17) is 9.47 Å². The fraction of sp³-hybridized carbons (Fsp3) is 0.231. The van der Waals surface area contributed by atoms with Gasteiger partial charge in [-0.05, 0) is 37.1 Å². The van der Waals surface area contributed by atoms with E-state index in [2.05, 4.69) is 6.58 Å². The van der Waals surface area contributed by atoms with Crippen molar-refractivity contribution in [1.29, 1.82) is 0 Å². The number of hydrogen-bond acceptors (Lipinski definition) is 2. The highest BCUT2D eigenvalue weighted by atomic mass is 16.5. The van der Waals surface area contributed by atoms with Crippen molar-refractivity contribution in [3.05, 3.63) is 42.2 Å². The molecule has 0 saturated heterocycles. The van der Waals surface area contributed by atoms with Crippen molar-refractivity contribution in [3.8, 4) is 11.5 Å². The normalized spacial score (nSPS) is 10.3. The topological polar surface area (TPSA) is 18.5 Å². The van der Waals surface area contributed by atoms with Gasteiger partial charge >= 0.3 is 0 Å². The summed E-state index contributed by atoms with van der Waals surface area (Å²) >= 11 is 0. The van der Waals surface area contributed by atoms with Crippen molar-refractivity contribution < 1.29 is 9.47 Å². The average molecular weight is 204 g/mol. The van der Waals surface area contributed by atoms with Gasteiger partial charge in [-0.15, -0.1) is 0 Å². The van der Waals surface area contributed by atoms with Crippen molar-refractivity contribution in [2.24, 2.45) is 0 Å². The van der Waals surface area contributed by atoms with Crippen LogP contribution in [0.25, 0.3) is 6.08 Å². The Balaban J connectivity index is 3.23. The molecule has 15 heavy (non-hydrogen) atoms. The Hall–Kier alpha value is -1.70. The molecule has 0 bridgehead atoms. The summed E-state index contributed by atoms with van der Waals surface area (Å²) in [7, 11) is 1.63. The zero-order valence-electron chi connectivity index (χ0n) is 9.41. The molecule has 0 radical (unpaired) electrons. The van der Waals surface area contributed by atoms with Gasteiger partial charge in [0.05, 0.1) is 13.4 Å². The predicted molar refractivity (Wildman–Crippen MR) is 63.3 cm³/mol. The molecular formula is C13H16O2. The molecule has 0 amide bonds. The first kappa shape index (κ1) is 11.4. The third-order valence-electron chi connectivity index (χ3n) is 2.04. The largest absolute Gasteiger partial charge is 0.493 e. The summed E-state index contributed by atoms with van der Waals surface area (Å²) in [6.45, 7) is 7.50. The summed E-state index contributed by atoms with van der Waals surface area (Å²) in [5.74, 6) is 1.45. The number of hydrogen-bond donors (Lipinski definition) is 0. The van der Waals surface area contributed by atoms with E-state index in [0.717, 1.165) is 22.6 Å². The molecular weight excluding hydrogens is 188 g/mol. The lowest BCUT2D eigenvalue weighted by atomic mass is 10.1. The van der Waals surface area contributed by atoms with Gasteiger partial charge in [0, 0.05) is 0 Å². The third kappa shape index (κ3) is 2.62. The highest BCUT2D eigenvalue weighted by Gasteiger charge is 2.08. The second-order valence-corrected chi connectivity index (χ2v) is 3.15. The third-order valence-corrected chi connectivity index (χ3v) is 2.04. The van der Waals surface area contributed by atoms with Crippen molar-refractivity contribution in [3.63, 3.8) is 0 Å². The molecule has 0 heterocycles. The van der Waals surface area contributed by atoms with Crippen LogP contribution in [-0.4, -0.2) is 7.11 Å². The van der Waals surface area contributed by atoms with Gasteiger partial charge in [0.2, 0.25) is 0 Å². The molecule has 1 rings (SSSR count). The van der Waals surface area contributed by atoms with E-state index in [1.165, 1.54) is 6.26 Å². The molecule has 1 aromatic rings. The molecule has 0 saturated carbocycles. The SMILES string of the molecule is C=COc1c(C)cc(/C=C/C)cc1OC. The Bertz CT molecular complexity index is 378. The molecule has 80 valence electrons. The van der Waals surface area contributed by atoms with E-state index in [1.54, 1.807) is 7.11 Å². The highest BCUT2D eigenvalue weighted by molar-refractivity contribution is 5.59. The fourth-order valence-corrected chi connectivity index (χ4v) is 1.44. The number of allylic oxidation sites excluding steroid dienone is 1. The zero-order valence-corrected chi connectivity index (χ0v) is 9.41. The van der Waals surface area contributed by atoms with Crippen LogP contribution in [0, 0.1) is 6.92 Å². The monoisotopic (exact) mass is 204 g/mol. The van der Waals surface area contributed by atoms with Crippen LogP contribution in [0.2, 0.25) is 0 Å². The van der Waals surface area contributed by atoms with Crippen LogP contribution < -0.4 is 9.47 Å². The summed E-state index contributed by atoms with van der Waals surface area (Å²) < 4.78 is 10.6. The molecule has 0 unspecified atom stereocenters. The predicted octanol–water partition coefficient (Wildman–Crippen LogP) is 3.56. The van der Waals surface area contributed by atoms with Crippen LogP contribution in [0.1, 0.15) is 18.1 Å². The molecule has 0 aliphatic carbocycles. The second-order valence-electron chi connectivity index (χ2n) is 3.15. The van der Waals surface area contributed by atoms with Crippen molar-refractivity contribution in [2.75, 3.05) is 7.11 Å². The minimum Gasteiger partial charge on any atom is -0.493 e. The van der Waals surface area contributed by atoms with Gasteiger partial charge in [0.25, 0.3) is 0 Å². The van der Waals surface area contributed by atoms with E-state index >= 15 is 0 Å². The summed E-state index contributed by atoms with van der Waals surface area (Å²) in [5, 5.41) is 0. The quantitative estimate of drug-likeness (QED) is 0.698. The van der Waals surface area contributed by atoms with Crippen LogP contribution in [-0.2, 0) is 0 Å². The maximum atomic E-state index is 5.31. The molecule has 0 atom stereocenters. The lowest BCUT2D eigenvalue weighted by molar-refractivity contribution is 0.377. The van der Waals surface area contributed by atoms with Gasteiger partial charge in [0.15, 0.2) is 11.5 Å². The fourth-order valence-electron chi connectivity index (χ4n) is 1.44. The summed E-state index contributed by atoms with van der Waals surface area (Å²) in [5.41, 5.74) is 2.13. The van der Waals surface area contributed by atoms with Crippen molar-refractivity contribution in [2.45, 2.75) is 13.8 Å². The lowest BCUT2D eigenvalue weighted by Gasteiger charge is -2.11. The van der Waals surface area contributed by atoms with E-state index in [-0.39, 0.29) is 0 Å². The van der Waals surface area contributed by atoms with E-state index in [0.29, 0.717) is 0 Å². The first-order valence-electron chi connectivity index (χ1n) is 4.81. The van der Waals surface area contributed by atoms with Crippen LogP contribution in [0.5, 0.6) is 11.5 Å².